The third kappa shape index (κ3) is 12.9. The van der Waals surface area contributed by atoms with Gasteiger partial charge in [-0.1, -0.05) is 39.8 Å². The number of aromatic nitrogens is 4. The van der Waals surface area contributed by atoms with E-state index in [4.69, 9.17) is 47.9 Å². The first-order valence-electron chi connectivity index (χ1n) is 24.2. The first-order valence-corrected chi connectivity index (χ1v) is 24.2. The number of H-pyrrole nitrogens is 2. The van der Waals surface area contributed by atoms with Gasteiger partial charge in [-0.15, -0.1) is 0 Å². The minimum Gasteiger partial charge on any atom is -0.491 e. The van der Waals surface area contributed by atoms with E-state index in [2.05, 4.69) is 20.6 Å². The van der Waals surface area contributed by atoms with Gasteiger partial charge in [0, 0.05) is 29.8 Å². The van der Waals surface area contributed by atoms with Gasteiger partial charge in [0.1, 0.15) is 48.4 Å². The Balaban J connectivity index is 1.18. The fourth-order valence-electron chi connectivity index (χ4n) is 8.94. The zero-order valence-corrected chi connectivity index (χ0v) is 41.1. The lowest BCUT2D eigenvalue weighted by molar-refractivity contribution is -0.136. The second kappa shape index (κ2) is 25.1. The van der Waals surface area contributed by atoms with Gasteiger partial charge in [-0.3, -0.25) is 9.59 Å². The molecule has 4 atom stereocenters. The zero-order chi connectivity index (χ0) is 49.6. The number of nitrogens with zero attached hydrogens (tertiary/aromatic N) is 4. The maximum Gasteiger partial charge on any atom is 0.407 e. The molecule has 2 bridgehead atoms. The van der Waals surface area contributed by atoms with Crippen molar-refractivity contribution < 1.29 is 57.1 Å². The molecule has 2 aromatic carbocycles. The number of alkyl carbamates (subject to hydrolysis) is 2. The Morgan fingerprint density at radius 2 is 1.00 bits per heavy atom. The molecule has 70 heavy (non-hydrogen) atoms. The number of rotatable bonds is 10. The number of hydrogen-bond donors (Lipinski definition) is 4. The smallest absolute Gasteiger partial charge is 0.407 e. The largest absolute Gasteiger partial charge is 0.491 e. The number of carbonyl (C=O) groups excluding carboxylic acids is 4. The molecule has 2 fully saturated rings. The predicted octanol–water partition coefficient (Wildman–Crippen LogP) is 6.06. The third-order valence-corrected chi connectivity index (χ3v) is 12.6. The molecule has 4 aromatic rings. The van der Waals surface area contributed by atoms with Crippen molar-refractivity contribution in [3.05, 3.63) is 60.4 Å². The highest BCUT2D eigenvalue weighted by atomic mass is 16.6. The number of nitrogens with one attached hydrogen (secondary N) is 4. The monoisotopic (exact) mass is 972 g/mol. The van der Waals surface area contributed by atoms with Crippen LogP contribution in [0, 0.1) is 11.8 Å². The molecular weight excluding hydrogens is 905 g/mol. The van der Waals surface area contributed by atoms with E-state index < -0.39 is 24.3 Å². The molecule has 7 rings (SSSR count). The fourth-order valence-corrected chi connectivity index (χ4v) is 8.94. The SMILES string of the molecule is COC(=O)NC(C(=O)N1CCCC1c1ncc(-c2ccc3c(c2)OCCOCCOCCOCCOCCOc2cc-3ccc2-c2cnc(C3CCCN3C(=O)C(NC(=O)OC)C(C)C)[nH]2)[nH]1)C(C)C. The van der Waals surface area contributed by atoms with E-state index in [9.17, 15) is 19.2 Å². The molecule has 2 aromatic heterocycles. The predicted molar refractivity (Wildman–Crippen MR) is 257 cm³/mol. The lowest BCUT2D eigenvalue weighted by Gasteiger charge is -2.30. The van der Waals surface area contributed by atoms with Gasteiger partial charge in [0.05, 0.1) is 103 Å². The molecule has 4 unspecified atom stereocenters. The van der Waals surface area contributed by atoms with Crippen LogP contribution < -0.4 is 20.1 Å². The van der Waals surface area contributed by atoms with Gasteiger partial charge in [-0.05, 0) is 67.3 Å². The summed E-state index contributed by atoms with van der Waals surface area (Å²) in [6.07, 6.45) is 5.19. The van der Waals surface area contributed by atoms with Crippen molar-refractivity contribution >= 4 is 24.0 Å². The van der Waals surface area contributed by atoms with Crippen molar-refractivity contribution in [2.45, 2.75) is 77.5 Å². The number of methoxy groups -OCH3 is 2. The van der Waals surface area contributed by atoms with Crippen LogP contribution in [-0.2, 0) is 38.0 Å². The molecule has 0 spiro atoms. The van der Waals surface area contributed by atoms with Crippen molar-refractivity contribution in [1.82, 2.24) is 40.4 Å². The van der Waals surface area contributed by atoms with Crippen LogP contribution in [0.15, 0.2) is 48.8 Å². The van der Waals surface area contributed by atoms with Gasteiger partial charge >= 0.3 is 12.2 Å². The lowest BCUT2D eigenvalue weighted by atomic mass is 9.99. The van der Waals surface area contributed by atoms with Gasteiger partial charge < -0.3 is 68.3 Å². The number of benzene rings is 2. The van der Waals surface area contributed by atoms with E-state index in [1.54, 1.807) is 22.2 Å². The maximum atomic E-state index is 13.9. The Hall–Kier alpha value is -6.22. The van der Waals surface area contributed by atoms with Crippen LogP contribution in [0.5, 0.6) is 11.5 Å². The Morgan fingerprint density at radius 1 is 0.586 bits per heavy atom. The minimum atomic E-state index is -0.756. The van der Waals surface area contributed by atoms with E-state index in [-0.39, 0.29) is 48.9 Å². The number of aromatic amines is 2. The van der Waals surface area contributed by atoms with Gasteiger partial charge in [0.2, 0.25) is 11.8 Å². The highest BCUT2D eigenvalue weighted by Crippen LogP contribution is 2.41. The van der Waals surface area contributed by atoms with Crippen molar-refractivity contribution in [1.29, 1.82) is 0 Å². The number of imidazole rings is 2. The number of fused-ring (bicyclic) bond motifs is 4. The van der Waals surface area contributed by atoms with Crippen LogP contribution in [0.2, 0.25) is 0 Å². The Labute approximate surface area is 408 Å². The van der Waals surface area contributed by atoms with Crippen LogP contribution >= 0.6 is 0 Å². The van der Waals surface area contributed by atoms with Crippen LogP contribution in [0.1, 0.15) is 77.1 Å². The van der Waals surface area contributed by atoms with Crippen LogP contribution in [0.3, 0.4) is 0 Å². The summed E-state index contributed by atoms with van der Waals surface area (Å²) in [6.45, 7) is 12.2. The molecule has 4 amide bonds. The molecule has 20 heteroatoms. The first-order chi connectivity index (χ1) is 34.0. The molecule has 5 heterocycles. The van der Waals surface area contributed by atoms with Crippen molar-refractivity contribution in [3.8, 4) is 45.1 Å². The average Bonchev–Trinajstić information content (AvgIpc) is 4.21. The number of ether oxygens (including phenoxy) is 8. The number of likely N-dealkylation sites (tertiary alicyclic amines) is 2. The molecule has 0 aliphatic carbocycles. The third-order valence-electron chi connectivity index (χ3n) is 12.6. The molecule has 0 saturated carbocycles. The van der Waals surface area contributed by atoms with Crippen LogP contribution in [-0.4, -0.2) is 159 Å². The number of amides is 4. The van der Waals surface area contributed by atoms with Gasteiger partial charge in [0.25, 0.3) is 0 Å². The summed E-state index contributed by atoms with van der Waals surface area (Å²) in [6, 6.07) is 9.76. The molecule has 380 valence electrons. The zero-order valence-electron chi connectivity index (χ0n) is 41.1. The fraction of sp³-hybridized carbons (Fsp3) is 0.560. The van der Waals surface area contributed by atoms with E-state index in [0.29, 0.717) is 108 Å². The highest BCUT2D eigenvalue weighted by Gasteiger charge is 2.39. The molecule has 20 nitrogen and oxygen atoms in total. The number of hydrogen-bond acceptors (Lipinski definition) is 14. The van der Waals surface area contributed by atoms with Gasteiger partial charge in [-0.25, -0.2) is 19.6 Å². The van der Waals surface area contributed by atoms with E-state index >= 15 is 0 Å². The Kier molecular flexibility index (Phi) is 18.5. The van der Waals surface area contributed by atoms with Crippen LogP contribution in [0.4, 0.5) is 9.59 Å². The topological polar surface area (TPSA) is 230 Å². The summed E-state index contributed by atoms with van der Waals surface area (Å²) in [5.74, 6) is 1.76. The summed E-state index contributed by atoms with van der Waals surface area (Å²) >= 11 is 0. The first kappa shape index (κ1) is 51.6. The quantitative estimate of drug-likeness (QED) is 0.142. The summed E-state index contributed by atoms with van der Waals surface area (Å²) < 4.78 is 45.6. The van der Waals surface area contributed by atoms with E-state index in [1.165, 1.54) is 14.2 Å². The highest BCUT2D eigenvalue weighted by molar-refractivity contribution is 5.87. The second-order valence-electron chi connectivity index (χ2n) is 18.0. The minimum absolute atomic E-state index is 0.156. The number of carbonyl (C=O) groups is 4. The Bertz CT molecular complexity index is 2370. The molecular formula is C50H68N8O12. The van der Waals surface area contributed by atoms with Crippen molar-refractivity contribution in [2.24, 2.45) is 11.8 Å². The molecule has 2 saturated heterocycles. The summed E-state index contributed by atoms with van der Waals surface area (Å²) in [7, 11) is 2.56. The normalized spacial score (nSPS) is 19.5. The van der Waals surface area contributed by atoms with E-state index in [1.807, 2.05) is 64.1 Å². The maximum absolute atomic E-state index is 13.9. The molecule has 0 radical (unpaired) electrons. The summed E-state index contributed by atoms with van der Waals surface area (Å²) in [5.41, 5.74) is 4.64. The molecule has 4 N–H and O–H groups in total. The van der Waals surface area contributed by atoms with Crippen molar-refractivity contribution in [3.63, 3.8) is 0 Å². The Morgan fingerprint density at radius 3 is 1.49 bits per heavy atom. The average molecular weight is 973 g/mol. The summed E-state index contributed by atoms with van der Waals surface area (Å²) in [5, 5.41) is 5.42. The molecule has 3 aliphatic heterocycles. The lowest BCUT2D eigenvalue weighted by Crippen LogP contribution is -2.51. The van der Waals surface area contributed by atoms with Gasteiger partial charge in [-0.2, -0.15) is 0 Å². The molecule has 3 aliphatic rings. The van der Waals surface area contributed by atoms with Crippen LogP contribution in [0.25, 0.3) is 33.6 Å². The van der Waals surface area contributed by atoms with E-state index in [0.717, 1.165) is 40.8 Å². The summed E-state index contributed by atoms with van der Waals surface area (Å²) in [4.78, 5) is 72.1. The van der Waals surface area contributed by atoms with Crippen molar-refractivity contribution in [2.75, 3.05) is 93.4 Å². The standard InChI is InChI=1S/C50H68N8O12/c1-31(2)43(55-49(61)63-5)47(59)57-15-7-9-39(57)45-51-29-37(53-45)34-12-13-35-33-11-14-36(38-30-52-46(54-38)40-10-8-16-58(40)48(60)44(32(3)4)56-50(62)64-6)42(27-33)70-26-24-68-22-20-66-18-17-65-19-21-67-23-25-69-41(35)28-34/h11-14,27-32,39-40,43-44H,7-10,15-26H2,1-6H3,(H,51,53)(H,52,54)(H,55,61)(H,56,62). The van der Waals surface area contributed by atoms with Gasteiger partial charge in [0.15, 0.2) is 0 Å². The second-order valence-corrected chi connectivity index (χ2v) is 18.0.